The van der Waals surface area contributed by atoms with Gasteiger partial charge in [-0.3, -0.25) is 9.36 Å². The third-order valence-electron chi connectivity index (χ3n) is 3.23. The minimum atomic E-state index is 0.457. The molecule has 0 amide bonds. The Balaban J connectivity index is 1.98. The molecular formula is C14H23N5. The summed E-state index contributed by atoms with van der Waals surface area (Å²) < 4.78 is 3.75. The Kier molecular flexibility index (Phi) is 4.04. The van der Waals surface area contributed by atoms with Crippen molar-refractivity contribution in [3.8, 4) is 0 Å². The maximum absolute atomic E-state index is 4.52. The van der Waals surface area contributed by atoms with Gasteiger partial charge in [-0.05, 0) is 12.8 Å². The first-order chi connectivity index (χ1) is 8.97. The molecule has 0 fully saturated rings. The molecule has 0 aliphatic carbocycles. The molecule has 5 nitrogen and oxygen atoms in total. The molecule has 104 valence electrons. The van der Waals surface area contributed by atoms with Crippen LogP contribution in [0.5, 0.6) is 0 Å². The van der Waals surface area contributed by atoms with Gasteiger partial charge in [0, 0.05) is 50.7 Å². The third-order valence-corrected chi connectivity index (χ3v) is 3.23. The summed E-state index contributed by atoms with van der Waals surface area (Å²) in [5.41, 5.74) is 4.79. The van der Waals surface area contributed by atoms with Gasteiger partial charge in [-0.1, -0.05) is 13.8 Å². The van der Waals surface area contributed by atoms with Crippen LogP contribution in [0.1, 0.15) is 42.3 Å². The molecule has 0 atom stereocenters. The summed E-state index contributed by atoms with van der Waals surface area (Å²) in [6, 6.07) is 0. The van der Waals surface area contributed by atoms with E-state index in [1.165, 1.54) is 16.8 Å². The number of aromatic nitrogens is 4. The van der Waals surface area contributed by atoms with Crippen LogP contribution in [0.15, 0.2) is 12.4 Å². The Morgan fingerprint density at radius 2 is 1.63 bits per heavy atom. The Morgan fingerprint density at radius 1 is 1.05 bits per heavy atom. The predicted octanol–water partition coefficient (Wildman–Crippen LogP) is 1.88. The van der Waals surface area contributed by atoms with Gasteiger partial charge < -0.3 is 5.32 Å². The normalized spacial score (nSPS) is 11.5. The number of nitrogens with zero attached hydrogens (tertiary/aromatic N) is 4. The first kappa shape index (κ1) is 13.8. The molecule has 0 aliphatic heterocycles. The maximum Gasteiger partial charge on any atom is 0.0694 e. The van der Waals surface area contributed by atoms with Crippen molar-refractivity contribution in [3.05, 3.63) is 34.9 Å². The molecule has 2 rings (SSSR count). The van der Waals surface area contributed by atoms with Gasteiger partial charge >= 0.3 is 0 Å². The average Bonchev–Trinajstić information content (AvgIpc) is 2.83. The van der Waals surface area contributed by atoms with Crippen LogP contribution in [-0.4, -0.2) is 19.6 Å². The van der Waals surface area contributed by atoms with Crippen LogP contribution < -0.4 is 5.32 Å². The molecule has 5 heteroatoms. The highest BCUT2D eigenvalue weighted by Crippen LogP contribution is 2.17. The fraction of sp³-hybridized carbons (Fsp3) is 0.571. The maximum atomic E-state index is 4.52. The molecule has 19 heavy (non-hydrogen) atoms. The minimum absolute atomic E-state index is 0.457. The van der Waals surface area contributed by atoms with Crippen LogP contribution in [0.2, 0.25) is 0 Å². The van der Waals surface area contributed by atoms with Crippen LogP contribution in [0.3, 0.4) is 0 Å². The second-order valence-electron chi connectivity index (χ2n) is 5.38. The zero-order valence-electron chi connectivity index (χ0n) is 12.4. The van der Waals surface area contributed by atoms with Crippen molar-refractivity contribution < 1.29 is 0 Å². The molecule has 0 saturated carbocycles. The van der Waals surface area contributed by atoms with E-state index in [1.807, 2.05) is 30.4 Å². The van der Waals surface area contributed by atoms with Gasteiger partial charge in [0.25, 0.3) is 0 Å². The number of hydrogen-bond acceptors (Lipinski definition) is 3. The van der Waals surface area contributed by atoms with Gasteiger partial charge in [0.15, 0.2) is 0 Å². The van der Waals surface area contributed by atoms with Crippen LogP contribution in [-0.2, 0) is 27.2 Å². The van der Waals surface area contributed by atoms with Crippen molar-refractivity contribution in [3.63, 3.8) is 0 Å². The van der Waals surface area contributed by atoms with Crippen LogP contribution >= 0.6 is 0 Å². The molecule has 0 spiro atoms. The van der Waals surface area contributed by atoms with E-state index >= 15 is 0 Å². The second kappa shape index (κ2) is 5.57. The second-order valence-corrected chi connectivity index (χ2v) is 5.38. The van der Waals surface area contributed by atoms with Crippen molar-refractivity contribution in [2.45, 2.75) is 39.8 Å². The zero-order valence-corrected chi connectivity index (χ0v) is 12.4. The molecule has 2 heterocycles. The van der Waals surface area contributed by atoms with Crippen molar-refractivity contribution >= 4 is 0 Å². The average molecular weight is 261 g/mol. The molecular weight excluding hydrogens is 238 g/mol. The zero-order chi connectivity index (χ0) is 14.0. The highest BCUT2D eigenvalue weighted by molar-refractivity contribution is 5.20. The van der Waals surface area contributed by atoms with Crippen molar-refractivity contribution in [2.75, 3.05) is 0 Å². The fourth-order valence-electron chi connectivity index (χ4n) is 2.33. The predicted molar refractivity (Wildman–Crippen MR) is 75.8 cm³/mol. The molecule has 0 aromatic carbocycles. The number of nitrogens with one attached hydrogen (secondary N) is 1. The van der Waals surface area contributed by atoms with Gasteiger partial charge in [-0.15, -0.1) is 0 Å². The quantitative estimate of drug-likeness (QED) is 0.894. The molecule has 2 aromatic rings. The van der Waals surface area contributed by atoms with Gasteiger partial charge in [0.2, 0.25) is 0 Å². The summed E-state index contributed by atoms with van der Waals surface area (Å²) in [5, 5.41) is 12.3. The van der Waals surface area contributed by atoms with E-state index in [-0.39, 0.29) is 0 Å². The highest BCUT2D eigenvalue weighted by atomic mass is 15.3. The monoisotopic (exact) mass is 261 g/mol. The molecule has 0 aliphatic rings. The van der Waals surface area contributed by atoms with E-state index in [1.54, 1.807) is 0 Å². The Hall–Kier alpha value is -1.62. The highest BCUT2D eigenvalue weighted by Gasteiger charge is 2.11. The molecule has 0 saturated heterocycles. The summed E-state index contributed by atoms with van der Waals surface area (Å²) in [4.78, 5) is 0. The van der Waals surface area contributed by atoms with Crippen LogP contribution in [0.25, 0.3) is 0 Å². The van der Waals surface area contributed by atoms with Gasteiger partial charge in [0.1, 0.15) is 0 Å². The molecule has 0 radical (unpaired) electrons. The lowest BCUT2D eigenvalue weighted by Gasteiger charge is -2.06. The van der Waals surface area contributed by atoms with Crippen LogP contribution in [0, 0.1) is 6.92 Å². The molecule has 2 aromatic heterocycles. The smallest absolute Gasteiger partial charge is 0.0694 e. The van der Waals surface area contributed by atoms with Gasteiger partial charge in [0.05, 0.1) is 11.4 Å². The largest absolute Gasteiger partial charge is 0.308 e. The Morgan fingerprint density at radius 3 is 2.21 bits per heavy atom. The van der Waals surface area contributed by atoms with Gasteiger partial charge in [-0.25, -0.2) is 0 Å². The SMILES string of the molecule is Cc1nn(C)cc1CNCc1cn(C)nc1C(C)C. The third kappa shape index (κ3) is 3.23. The lowest BCUT2D eigenvalue weighted by atomic mass is 10.1. The lowest BCUT2D eigenvalue weighted by molar-refractivity contribution is 0.675. The fourth-order valence-corrected chi connectivity index (χ4v) is 2.33. The Labute approximate surface area is 114 Å². The number of aryl methyl sites for hydroxylation is 3. The van der Waals surface area contributed by atoms with E-state index in [4.69, 9.17) is 0 Å². The van der Waals surface area contributed by atoms with Crippen molar-refractivity contribution in [2.24, 2.45) is 14.1 Å². The summed E-state index contributed by atoms with van der Waals surface area (Å²) in [6.45, 7) is 8.08. The summed E-state index contributed by atoms with van der Waals surface area (Å²) in [5.74, 6) is 0.457. The van der Waals surface area contributed by atoms with Crippen LogP contribution in [0.4, 0.5) is 0 Å². The molecule has 1 N–H and O–H groups in total. The number of rotatable bonds is 5. The first-order valence-corrected chi connectivity index (χ1v) is 6.69. The summed E-state index contributed by atoms with van der Waals surface area (Å²) in [7, 11) is 3.93. The topological polar surface area (TPSA) is 47.7 Å². The van der Waals surface area contributed by atoms with Crippen molar-refractivity contribution in [1.82, 2.24) is 24.9 Å². The first-order valence-electron chi connectivity index (χ1n) is 6.69. The van der Waals surface area contributed by atoms with E-state index in [0.717, 1.165) is 18.8 Å². The van der Waals surface area contributed by atoms with E-state index in [0.29, 0.717) is 5.92 Å². The number of hydrogen-bond donors (Lipinski definition) is 1. The van der Waals surface area contributed by atoms with E-state index in [9.17, 15) is 0 Å². The van der Waals surface area contributed by atoms with E-state index in [2.05, 4.69) is 41.8 Å². The van der Waals surface area contributed by atoms with Gasteiger partial charge in [-0.2, -0.15) is 10.2 Å². The summed E-state index contributed by atoms with van der Waals surface area (Å²) in [6.07, 6.45) is 4.16. The Bertz CT molecular complexity index is 550. The standard InChI is InChI=1S/C14H23N5/c1-10(2)14-13(9-19(5)17-14)7-15-6-12-8-18(4)16-11(12)3/h8-10,15H,6-7H2,1-5H3. The minimum Gasteiger partial charge on any atom is -0.308 e. The summed E-state index contributed by atoms with van der Waals surface area (Å²) >= 11 is 0. The van der Waals surface area contributed by atoms with E-state index < -0.39 is 0 Å². The van der Waals surface area contributed by atoms with Crippen molar-refractivity contribution in [1.29, 1.82) is 0 Å². The lowest BCUT2D eigenvalue weighted by Crippen LogP contribution is -2.14. The molecule has 0 bridgehead atoms. The molecule has 0 unspecified atom stereocenters.